The van der Waals surface area contributed by atoms with Gasteiger partial charge < -0.3 is 5.73 Å². The Morgan fingerprint density at radius 1 is 1.53 bits per heavy atom. The number of rotatable bonds is 2. The van der Waals surface area contributed by atoms with Gasteiger partial charge in [0, 0.05) is 28.3 Å². The van der Waals surface area contributed by atoms with E-state index in [9.17, 15) is 10.1 Å². The first kappa shape index (κ1) is 14.1. The highest BCUT2D eigenvalue weighted by Crippen LogP contribution is 2.18. The van der Waals surface area contributed by atoms with Crippen LogP contribution in [0.5, 0.6) is 0 Å². The molecule has 1 aromatic carbocycles. The van der Waals surface area contributed by atoms with Gasteiger partial charge in [-0.3, -0.25) is 15.1 Å². The molecule has 0 spiro atoms. The molecule has 0 aliphatic rings. The zero-order valence-electron chi connectivity index (χ0n) is 7.81. The molecule has 0 radical (unpaired) electrons. The molecular weight excluding hydrogens is 332 g/mol. The SMILES string of the molecule is CN=C(N)c1cc(I)cc([N+](=O)[O-])c1.Cl. The Labute approximate surface area is 106 Å². The van der Waals surface area contributed by atoms with Gasteiger partial charge in [0.05, 0.1) is 4.92 Å². The number of hydrogen-bond acceptors (Lipinski definition) is 3. The first-order chi connectivity index (χ1) is 6.54. The molecule has 0 aliphatic heterocycles. The van der Waals surface area contributed by atoms with Crippen molar-refractivity contribution in [2.24, 2.45) is 10.7 Å². The number of halogens is 2. The summed E-state index contributed by atoms with van der Waals surface area (Å²) in [5.41, 5.74) is 6.16. The van der Waals surface area contributed by atoms with Crippen LogP contribution in [0.2, 0.25) is 0 Å². The summed E-state index contributed by atoms with van der Waals surface area (Å²) < 4.78 is 0.762. The van der Waals surface area contributed by atoms with E-state index in [1.807, 2.05) is 22.6 Å². The molecule has 1 aromatic rings. The monoisotopic (exact) mass is 341 g/mol. The van der Waals surface area contributed by atoms with Gasteiger partial charge in [0.25, 0.3) is 5.69 Å². The summed E-state index contributed by atoms with van der Waals surface area (Å²) in [4.78, 5) is 13.9. The minimum Gasteiger partial charge on any atom is -0.384 e. The highest BCUT2D eigenvalue weighted by Gasteiger charge is 2.09. The summed E-state index contributed by atoms with van der Waals surface area (Å²) in [6.07, 6.45) is 0. The lowest BCUT2D eigenvalue weighted by Gasteiger charge is -2.00. The molecule has 0 saturated carbocycles. The third-order valence-electron chi connectivity index (χ3n) is 1.63. The quantitative estimate of drug-likeness (QED) is 0.293. The van der Waals surface area contributed by atoms with E-state index < -0.39 is 4.92 Å². The molecule has 0 bridgehead atoms. The Bertz CT molecular complexity index is 409. The van der Waals surface area contributed by atoms with Crippen molar-refractivity contribution in [1.82, 2.24) is 0 Å². The first-order valence-electron chi connectivity index (χ1n) is 3.72. The Morgan fingerprint density at radius 3 is 2.60 bits per heavy atom. The van der Waals surface area contributed by atoms with Crippen molar-refractivity contribution in [1.29, 1.82) is 0 Å². The topological polar surface area (TPSA) is 81.5 Å². The Morgan fingerprint density at radius 2 is 2.13 bits per heavy atom. The number of nitrogens with zero attached hydrogens (tertiary/aromatic N) is 2. The molecule has 0 aromatic heterocycles. The average molecular weight is 342 g/mol. The van der Waals surface area contributed by atoms with Crippen LogP contribution in [0.1, 0.15) is 5.56 Å². The molecule has 0 heterocycles. The number of benzene rings is 1. The highest BCUT2D eigenvalue weighted by molar-refractivity contribution is 14.1. The van der Waals surface area contributed by atoms with Gasteiger partial charge in [-0.1, -0.05) is 0 Å². The zero-order valence-corrected chi connectivity index (χ0v) is 10.8. The summed E-state index contributed by atoms with van der Waals surface area (Å²) in [6, 6.07) is 4.63. The summed E-state index contributed by atoms with van der Waals surface area (Å²) in [6.45, 7) is 0. The maximum atomic E-state index is 10.5. The van der Waals surface area contributed by atoms with Crippen LogP contribution in [0.25, 0.3) is 0 Å². The standard InChI is InChI=1S/C8H8IN3O2.ClH/c1-11-8(10)5-2-6(9)4-7(3-5)12(13)14;/h2-4H,1H3,(H2,10,11);1H. The van der Waals surface area contributed by atoms with E-state index in [2.05, 4.69) is 4.99 Å². The second-order valence-electron chi connectivity index (χ2n) is 2.56. The lowest BCUT2D eigenvalue weighted by Crippen LogP contribution is -2.13. The Balaban J connectivity index is 0.00000196. The smallest absolute Gasteiger partial charge is 0.271 e. The van der Waals surface area contributed by atoms with E-state index in [4.69, 9.17) is 5.73 Å². The number of aliphatic imine (C=N–C) groups is 1. The fourth-order valence-electron chi connectivity index (χ4n) is 0.957. The van der Waals surface area contributed by atoms with Crippen LogP contribution >= 0.6 is 35.0 Å². The number of nitro benzene ring substituents is 1. The van der Waals surface area contributed by atoms with E-state index in [0.29, 0.717) is 11.4 Å². The molecule has 0 unspecified atom stereocenters. The molecule has 0 atom stereocenters. The van der Waals surface area contributed by atoms with E-state index in [-0.39, 0.29) is 18.1 Å². The molecule has 0 fully saturated rings. The molecular formula is C8H9ClIN3O2. The zero-order chi connectivity index (χ0) is 10.7. The van der Waals surface area contributed by atoms with Crippen molar-refractivity contribution in [2.75, 3.05) is 7.05 Å². The number of nitrogens with two attached hydrogens (primary N) is 1. The van der Waals surface area contributed by atoms with Crippen LogP contribution in [0.4, 0.5) is 5.69 Å². The molecule has 7 heteroatoms. The van der Waals surface area contributed by atoms with Gasteiger partial charge in [-0.15, -0.1) is 12.4 Å². The molecule has 5 nitrogen and oxygen atoms in total. The molecule has 0 saturated heterocycles. The maximum Gasteiger partial charge on any atom is 0.271 e. The van der Waals surface area contributed by atoms with Crippen LogP contribution < -0.4 is 5.73 Å². The molecule has 82 valence electrons. The first-order valence-corrected chi connectivity index (χ1v) is 4.80. The van der Waals surface area contributed by atoms with Gasteiger partial charge >= 0.3 is 0 Å². The van der Waals surface area contributed by atoms with Gasteiger partial charge in [-0.25, -0.2) is 0 Å². The normalized spacial score (nSPS) is 10.7. The van der Waals surface area contributed by atoms with Crippen molar-refractivity contribution in [2.45, 2.75) is 0 Å². The summed E-state index contributed by atoms with van der Waals surface area (Å²) in [5, 5.41) is 10.5. The van der Waals surface area contributed by atoms with E-state index in [1.165, 1.54) is 12.1 Å². The van der Waals surface area contributed by atoms with Crippen LogP contribution in [0.15, 0.2) is 23.2 Å². The van der Waals surface area contributed by atoms with Crippen LogP contribution in [0, 0.1) is 13.7 Å². The van der Waals surface area contributed by atoms with Crippen LogP contribution in [-0.2, 0) is 0 Å². The molecule has 1 rings (SSSR count). The lowest BCUT2D eigenvalue weighted by molar-refractivity contribution is -0.385. The fraction of sp³-hybridized carbons (Fsp3) is 0.125. The number of amidine groups is 1. The van der Waals surface area contributed by atoms with E-state index in [1.54, 1.807) is 13.1 Å². The Hall–Kier alpha value is -0.890. The van der Waals surface area contributed by atoms with Crippen molar-refractivity contribution in [3.8, 4) is 0 Å². The highest BCUT2D eigenvalue weighted by atomic mass is 127. The van der Waals surface area contributed by atoms with Gasteiger partial charge in [-0.2, -0.15) is 0 Å². The van der Waals surface area contributed by atoms with E-state index >= 15 is 0 Å². The van der Waals surface area contributed by atoms with Gasteiger partial charge in [0.2, 0.25) is 0 Å². The molecule has 0 amide bonds. The minimum atomic E-state index is -0.450. The van der Waals surface area contributed by atoms with Crippen LogP contribution in [0.3, 0.4) is 0 Å². The van der Waals surface area contributed by atoms with Crippen molar-refractivity contribution < 1.29 is 4.92 Å². The van der Waals surface area contributed by atoms with Crippen molar-refractivity contribution in [3.05, 3.63) is 37.4 Å². The average Bonchev–Trinajstić information content (AvgIpc) is 2.15. The second kappa shape index (κ2) is 5.86. The number of nitro groups is 1. The molecule has 2 N–H and O–H groups in total. The van der Waals surface area contributed by atoms with Gasteiger partial charge in [-0.05, 0) is 28.7 Å². The second-order valence-corrected chi connectivity index (χ2v) is 3.81. The maximum absolute atomic E-state index is 10.5. The molecule has 15 heavy (non-hydrogen) atoms. The summed E-state index contributed by atoms with van der Waals surface area (Å²) in [7, 11) is 1.54. The third-order valence-corrected chi connectivity index (χ3v) is 2.25. The lowest BCUT2D eigenvalue weighted by atomic mass is 10.2. The molecule has 0 aliphatic carbocycles. The van der Waals surface area contributed by atoms with Crippen molar-refractivity contribution in [3.63, 3.8) is 0 Å². The van der Waals surface area contributed by atoms with E-state index in [0.717, 1.165) is 3.57 Å². The van der Waals surface area contributed by atoms with Gasteiger partial charge in [0.1, 0.15) is 5.84 Å². The fourth-order valence-corrected chi connectivity index (χ4v) is 1.61. The Kier molecular flexibility index (Phi) is 5.51. The number of hydrogen-bond donors (Lipinski definition) is 1. The largest absolute Gasteiger partial charge is 0.384 e. The predicted octanol–water partition coefficient (Wildman–Crippen LogP) is 1.96. The number of non-ortho nitro benzene ring substituents is 1. The predicted molar refractivity (Wildman–Crippen MR) is 69.7 cm³/mol. The summed E-state index contributed by atoms with van der Waals surface area (Å²) >= 11 is 2.00. The van der Waals surface area contributed by atoms with Crippen LogP contribution in [-0.4, -0.2) is 17.8 Å². The third kappa shape index (κ3) is 3.63. The summed E-state index contributed by atoms with van der Waals surface area (Å²) in [5.74, 6) is 0.298. The van der Waals surface area contributed by atoms with Crippen molar-refractivity contribution >= 4 is 46.5 Å². The van der Waals surface area contributed by atoms with Gasteiger partial charge in [0.15, 0.2) is 0 Å². The minimum absolute atomic E-state index is 0.